The van der Waals surface area contributed by atoms with Gasteiger partial charge in [-0.25, -0.2) is 4.68 Å². The van der Waals surface area contributed by atoms with Crippen molar-refractivity contribution in [3.63, 3.8) is 0 Å². The number of halogens is 1. The summed E-state index contributed by atoms with van der Waals surface area (Å²) in [6.45, 7) is 4.33. The Morgan fingerprint density at radius 3 is 2.67 bits per heavy atom. The number of nitrogens with one attached hydrogen (secondary N) is 2. The van der Waals surface area contributed by atoms with E-state index in [0.717, 1.165) is 37.0 Å². The van der Waals surface area contributed by atoms with Crippen molar-refractivity contribution in [2.75, 3.05) is 13.6 Å². The molecule has 2 aromatic heterocycles. The molecule has 0 amide bonds. The highest BCUT2D eigenvalue weighted by atomic mass is 127. The van der Waals surface area contributed by atoms with Crippen LogP contribution in [0.1, 0.15) is 18.3 Å². The van der Waals surface area contributed by atoms with Crippen molar-refractivity contribution in [1.29, 1.82) is 0 Å². The molecule has 0 spiro atoms. The number of benzene rings is 1. The summed E-state index contributed by atoms with van der Waals surface area (Å²) < 4.78 is 3.89. The first-order chi connectivity index (χ1) is 12.8. The highest BCUT2D eigenvalue weighted by Crippen LogP contribution is 2.08. The summed E-state index contributed by atoms with van der Waals surface area (Å²) in [5.74, 6) is 1.76. The molecule has 2 N–H and O–H groups in total. The van der Waals surface area contributed by atoms with Crippen molar-refractivity contribution in [3.05, 3.63) is 60.4 Å². The maximum Gasteiger partial charge on any atom is 0.191 e. The summed E-state index contributed by atoms with van der Waals surface area (Å²) in [5.41, 5.74) is 2.22. The molecule has 3 aromatic rings. The van der Waals surface area contributed by atoms with E-state index >= 15 is 0 Å². The van der Waals surface area contributed by atoms with Gasteiger partial charge in [0.15, 0.2) is 5.96 Å². The molecule has 9 heteroatoms. The fraction of sp³-hybridized carbons (Fsp3) is 0.333. The third kappa shape index (κ3) is 5.78. The van der Waals surface area contributed by atoms with Crippen LogP contribution in [0, 0.1) is 0 Å². The topological polar surface area (TPSA) is 85.0 Å². The largest absolute Gasteiger partial charge is 0.355 e. The average Bonchev–Trinajstić information content (AvgIpc) is 3.36. The predicted molar refractivity (Wildman–Crippen MR) is 117 cm³/mol. The Hall–Kier alpha value is -2.43. The smallest absolute Gasteiger partial charge is 0.191 e. The summed E-state index contributed by atoms with van der Waals surface area (Å²) in [5, 5.41) is 18.9. The van der Waals surface area contributed by atoms with Crippen molar-refractivity contribution < 1.29 is 0 Å². The third-order valence-electron chi connectivity index (χ3n) is 4.05. The van der Waals surface area contributed by atoms with E-state index in [9.17, 15) is 0 Å². The lowest BCUT2D eigenvalue weighted by molar-refractivity contribution is 0.632. The predicted octanol–water partition coefficient (Wildman–Crippen LogP) is 2.01. The van der Waals surface area contributed by atoms with E-state index in [1.54, 1.807) is 19.6 Å². The first kappa shape index (κ1) is 20.9. The van der Waals surface area contributed by atoms with E-state index in [4.69, 9.17) is 0 Å². The number of nitrogens with zero attached hydrogens (tertiary/aromatic N) is 6. The van der Waals surface area contributed by atoms with Gasteiger partial charge in [-0.3, -0.25) is 4.99 Å². The highest BCUT2D eigenvalue weighted by molar-refractivity contribution is 14.0. The second-order valence-corrected chi connectivity index (χ2v) is 5.76. The van der Waals surface area contributed by atoms with Gasteiger partial charge in [0.1, 0.15) is 12.2 Å². The zero-order valence-electron chi connectivity index (χ0n) is 15.5. The number of rotatable bonds is 7. The molecule has 3 rings (SSSR count). The van der Waals surface area contributed by atoms with E-state index in [1.807, 2.05) is 21.5 Å². The molecule has 0 atom stereocenters. The fourth-order valence-corrected chi connectivity index (χ4v) is 2.63. The van der Waals surface area contributed by atoms with E-state index in [1.165, 1.54) is 5.56 Å². The molecular weight excluding hydrogens is 455 g/mol. The number of guanidine groups is 1. The van der Waals surface area contributed by atoms with Crippen LogP contribution in [0.15, 0.2) is 54.0 Å². The minimum atomic E-state index is 0. The quantitative estimate of drug-likeness (QED) is 0.307. The molecule has 0 saturated carbocycles. The monoisotopic (exact) mass is 480 g/mol. The average molecular weight is 480 g/mol. The molecule has 0 fully saturated rings. The molecule has 0 aliphatic heterocycles. The van der Waals surface area contributed by atoms with Crippen LogP contribution in [-0.4, -0.2) is 44.1 Å². The summed E-state index contributed by atoms with van der Waals surface area (Å²) in [4.78, 5) is 4.26. The lowest BCUT2D eigenvalue weighted by Crippen LogP contribution is -2.38. The second kappa shape index (κ2) is 10.7. The number of aliphatic imine (C=N–C) groups is 1. The first-order valence-electron chi connectivity index (χ1n) is 8.70. The minimum absolute atomic E-state index is 0. The molecule has 0 radical (unpaired) electrons. The van der Waals surface area contributed by atoms with Crippen molar-refractivity contribution in [1.82, 2.24) is 35.2 Å². The van der Waals surface area contributed by atoms with Crippen LogP contribution in [0.5, 0.6) is 0 Å². The molecule has 0 unspecified atom stereocenters. The zero-order valence-corrected chi connectivity index (χ0v) is 17.9. The van der Waals surface area contributed by atoms with Gasteiger partial charge in [-0.15, -0.1) is 34.2 Å². The van der Waals surface area contributed by atoms with Gasteiger partial charge in [0.05, 0.1) is 5.69 Å². The molecule has 0 bridgehead atoms. The summed E-state index contributed by atoms with van der Waals surface area (Å²) in [7, 11) is 1.77. The van der Waals surface area contributed by atoms with Crippen LogP contribution < -0.4 is 10.6 Å². The summed E-state index contributed by atoms with van der Waals surface area (Å²) >= 11 is 0. The Balaban J connectivity index is 0.00000261. The van der Waals surface area contributed by atoms with Crippen molar-refractivity contribution in [3.8, 4) is 5.69 Å². The maximum absolute atomic E-state index is 4.26. The normalized spacial score (nSPS) is 11.1. The van der Waals surface area contributed by atoms with Crippen LogP contribution >= 0.6 is 24.0 Å². The molecule has 144 valence electrons. The SMILES string of the molecule is CCc1nncn1CCNC(=NC)NCc1ccc(-n2cccn2)cc1.I. The first-order valence-corrected chi connectivity index (χ1v) is 8.70. The van der Waals surface area contributed by atoms with Crippen molar-refractivity contribution in [2.24, 2.45) is 4.99 Å². The Bertz CT molecular complexity index is 823. The van der Waals surface area contributed by atoms with Crippen LogP contribution in [0.2, 0.25) is 0 Å². The van der Waals surface area contributed by atoms with Gasteiger partial charge >= 0.3 is 0 Å². The van der Waals surface area contributed by atoms with E-state index in [0.29, 0.717) is 6.54 Å². The molecule has 2 heterocycles. The van der Waals surface area contributed by atoms with Gasteiger partial charge in [0.2, 0.25) is 0 Å². The number of aromatic nitrogens is 5. The van der Waals surface area contributed by atoms with Crippen molar-refractivity contribution in [2.45, 2.75) is 26.4 Å². The molecule has 0 aliphatic rings. The Morgan fingerprint density at radius 2 is 2.00 bits per heavy atom. The van der Waals surface area contributed by atoms with E-state index < -0.39 is 0 Å². The van der Waals surface area contributed by atoms with Crippen LogP contribution in [0.25, 0.3) is 5.69 Å². The number of hydrogen-bond acceptors (Lipinski definition) is 4. The van der Waals surface area contributed by atoms with E-state index in [-0.39, 0.29) is 24.0 Å². The lowest BCUT2D eigenvalue weighted by Gasteiger charge is -2.13. The maximum atomic E-state index is 4.26. The van der Waals surface area contributed by atoms with Gasteiger partial charge in [0, 0.05) is 45.5 Å². The van der Waals surface area contributed by atoms with Gasteiger partial charge in [0.25, 0.3) is 0 Å². The highest BCUT2D eigenvalue weighted by Gasteiger charge is 2.03. The summed E-state index contributed by atoms with van der Waals surface area (Å²) in [6.07, 6.45) is 6.34. The zero-order chi connectivity index (χ0) is 18.2. The van der Waals surface area contributed by atoms with Crippen molar-refractivity contribution >= 4 is 29.9 Å². The van der Waals surface area contributed by atoms with Gasteiger partial charge in [-0.2, -0.15) is 5.10 Å². The van der Waals surface area contributed by atoms with Crippen LogP contribution in [-0.2, 0) is 19.5 Å². The van der Waals surface area contributed by atoms with Gasteiger partial charge in [-0.05, 0) is 23.8 Å². The number of hydrogen-bond donors (Lipinski definition) is 2. The summed E-state index contributed by atoms with van der Waals surface area (Å²) in [6, 6.07) is 10.2. The Labute approximate surface area is 176 Å². The van der Waals surface area contributed by atoms with Gasteiger partial charge < -0.3 is 15.2 Å². The molecule has 8 nitrogen and oxygen atoms in total. The molecular formula is C18H25IN8. The second-order valence-electron chi connectivity index (χ2n) is 5.76. The Morgan fingerprint density at radius 1 is 1.19 bits per heavy atom. The molecule has 0 aliphatic carbocycles. The fourth-order valence-electron chi connectivity index (χ4n) is 2.63. The van der Waals surface area contributed by atoms with Crippen LogP contribution in [0.3, 0.4) is 0 Å². The van der Waals surface area contributed by atoms with E-state index in [2.05, 4.69) is 62.1 Å². The van der Waals surface area contributed by atoms with Gasteiger partial charge in [-0.1, -0.05) is 19.1 Å². The van der Waals surface area contributed by atoms with Crippen LogP contribution in [0.4, 0.5) is 0 Å². The number of aryl methyl sites for hydroxylation is 1. The third-order valence-corrected chi connectivity index (χ3v) is 4.05. The Kier molecular flexibility index (Phi) is 8.24. The molecule has 0 saturated heterocycles. The lowest BCUT2D eigenvalue weighted by atomic mass is 10.2. The molecule has 1 aromatic carbocycles. The minimum Gasteiger partial charge on any atom is -0.355 e. The molecule has 27 heavy (non-hydrogen) atoms. The standard InChI is InChI=1S/C18H24N8.HI/c1-3-17-24-22-14-25(17)12-10-20-18(19-2)21-13-15-5-7-16(8-6-15)26-11-4-9-23-26;/h4-9,11,14H,3,10,12-13H2,1-2H3,(H2,19,20,21);1H.